The number of benzene rings is 1. The van der Waals surface area contributed by atoms with E-state index < -0.39 is 0 Å². The summed E-state index contributed by atoms with van der Waals surface area (Å²) in [4.78, 5) is 10.7. The maximum absolute atomic E-state index is 10.7. The molecule has 20 heavy (non-hydrogen) atoms. The normalized spacial score (nSPS) is 9.65. The molecule has 0 aromatic heterocycles. The van der Waals surface area contributed by atoms with Gasteiger partial charge in [0.15, 0.2) is 0 Å². The molecule has 0 fully saturated rings. The number of carbonyl (C=O) groups excluding carboxylic acids is 1. The molecule has 0 aliphatic rings. The van der Waals surface area contributed by atoms with Gasteiger partial charge in [0.05, 0.1) is 15.6 Å². The molecule has 0 atom stereocenters. The second-order valence-corrected chi connectivity index (χ2v) is 5.18. The molecule has 0 spiro atoms. The minimum absolute atomic E-state index is 0.130. The molecule has 0 bridgehead atoms. The van der Waals surface area contributed by atoms with E-state index in [1.807, 2.05) is 13.8 Å². The first-order chi connectivity index (χ1) is 9.69. The zero-order valence-electron chi connectivity index (χ0n) is 11.7. The van der Waals surface area contributed by atoms with E-state index in [1.54, 1.807) is 12.1 Å². The highest BCUT2D eigenvalue weighted by molar-refractivity contribution is 9.11. The summed E-state index contributed by atoms with van der Waals surface area (Å²) in [7, 11) is 0. The van der Waals surface area contributed by atoms with Crippen LogP contribution in [-0.4, -0.2) is 37.8 Å². The number of ether oxygens (including phenoxy) is 2. The Morgan fingerprint density at radius 2 is 1.75 bits per heavy atom. The molecular formula is C14H20Br2O4. The molecule has 6 heteroatoms. The zero-order chi connectivity index (χ0) is 15.4. The quantitative estimate of drug-likeness (QED) is 0.521. The van der Waals surface area contributed by atoms with Crippen LogP contribution in [0.5, 0.6) is 5.75 Å². The van der Waals surface area contributed by atoms with Crippen LogP contribution in [0.4, 0.5) is 0 Å². The summed E-state index contributed by atoms with van der Waals surface area (Å²) in [6.45, 7) is 5.51. The lowest BCUT2D eigenvalue weighted by Crippen LogP contribution is -2.08. The van der Waals surface area contributed by atoms with Gasteiger partial charge in [0.2, 0.25) is 0 Å². The second-order valence-electron chi connectivity index (χ2n) is 3.47. The van der Waals surface area contributed by atoms with Gasteiger partial charge in [0.25, 0.3) is 0 Å². The standard InChI is InChI=1S/C12H14Br2O4.C2H6/c13-10-6-9(8-16)7-11(14)12(10)18-5-4-17-3-1-2-15;1-2/h6-8,15H,1-5H2;1-2H3. The first-order valence-corrected chi connectivity index (χ1v) is 8.03. The van der Waals surface area contributed by atoms with Gasteiger partial charge in [-0.15, -0.1) is 0 Å². The van der Waals surface area contributed by atoms with E-state index in [0.29, 0.717) is 46.5 Å². The lowest BCUT2D eigenvalue weighted by atomic mass is 10.2. The molecule has 0 radical (unpaired) electrons. The third kappa shape index (κ3) is 7.38. The van der Waals surface area contributed by atoms with Crippen molar-refractivity contribution in [1.82, 2.24) is 0 Å². The summed E-state index contributed by atoms with van der Waals surface area (Å²) in [6, 6.07) is 3.39. The summed E-state index contributed by atoms with van der Waals surface area (Å²) >= 11 is 6.69. The molecule has 0 heterocycles. The maximum Gasteiger partial charge on any atom is 0.150 e. The number of halogens is 2. The van der Waals surface area contributed by atoms with Gasteiger partial charge in [-0.3, -0.25) is 4.79 Å². The first-order valence-electron chi connectivity index (χ1n) is 6.44. The Hall–Kier alpha value is -0.430. The highest BCUT2D eigenvalue weighted by Gasteiger charge is 2.08. The fourth-order valence-corrected chi connectivity index (χ4v) is 2.71. The van der Waals surface area contributed by atoms with Crippen molar-refractivity contribution in [3.8, 4) is 5.75 Å². The number of hydrogen-bond donors (Lipinski definition) is 1. The SMILES string of the molecule is CC.O=Cc1cc(Br)c(OCCOCCCO)c(Br)c1. The van der Waals surface area contributed by atoms with Crippen molar-refractivity contribution < 1.29 is 19.4 Å². The largest absolute Gasteiger partial charge is 0.489 e. The number of rotatable bonds is 8. The first kappa shape index (κ1) is 19.6. The molecule has 4 nitrogen and oxygen atoms in total. The Morgan fingerprint density at radius 3 is 2.25 bits per heavy atom. The van der Waals surface area contributed by atoms with Crippen molar-refractivity contribution in [2.75, 3.05) is 26.4 Å². The predicted octanol–water partition coefficient (Wildman–Crippen LogP) is 3.83. The molecule has 0 aliphatic heterocycles. The van der Waals surface area contributed by atoms with Gasteiger partial charge in [0, 0.05) is 18.8 Å². The highest BCUT2D eigenvalue weighted by Crippen LogP contribution is 2.34. The summed E-state index contributed by atoms with van der Waals surface area (Å²) in [5, 5.41) is 8.57. The average Bonchev–Trinajstić information content (AvgIpc) is 2.46. The van der Waals surface area contributed by atoms with Crippen molar-refractivity contribution >= 4 is 38.1 Å². The average molecular weight is 412 g/mol. The molecule has 1 rings (SSSR count). The summed E-state index contributed by atoms with van der Waals surface area (Å²) < 4.78 is 12.2. The fourth-order valence-electron chi connectivity index (χ4n) is 1.26. The van der Waals surface area contributed by atoms with Gasteiger partial charge in [-0.1, -0.05) is 13.8 Å². The topological polar surface area (TPSA) is 55.8 Å². The van der Waals surface area contributed by atoms with Gasteiger partial charge in [-0.05, 0) is 50.4 Å². The van der Waals surface area contributed by atoms with E-state index in [4.69, 9.17) is 14.6 Å². The molecule has 0 amide bonds. The van der Waals surface area contributed by atoms with Crippen LogP contribution in [-0.2, 0) is 4.74 Å². The van der Waals surface area contributed by atoms with Gasteiger partial charge in [0.1, 0.15) is 18.6 Å². The Bertz CT molecular complexity index is 374. The molecule has 0 unspecified atom stereocenters. The maximum atomic E-state index is 10.7. The van der Waals surface area contributed by atoms with Crippen LogP contribution < -0.4 is 4.74 Å². The third-order valence-corrected chi connectivity index (χ3v) is 3.26. The number of hydrogen-bond acceptors (Lipinski definition) is 4. The third-order valence-electron chi connectivity index (χ3n) is 2.08. The van der Waals surface area contributed by atoms with E-state index in [1.165, 1.54) is 0 Å². The van der Waals surface area contributed by atoms with E-state index in [0.717, 1.165) is 6.29 Å². The van der Waals surface area contributed by atoms with Crippen LogP contribution in [0.2, 0.25) is 0 Å². The Kier molecular flexibility index (Phi) is 12.1. The lowest BCUT2D eigenvalue weighted by Gasteiger charge is -2.11. The van der Waals surface area contributed by atoms with Crippen LogP contribution in [0.25, 0.3) is 0 Å². The Labute approximate surface area is 136 Å². The van der Waals surface area contributed by atoms with Crippen molar-refractivity contribution in [2.45, 2.75) is 20.3 Å². The van der Waals surface area contributed by atoms with Gasteiger partial charge < -0.3 is 14.6 Å². The number of aldehydes is 1. The number of carbonyl (C=O) groups is 1. The Morgan fingerprint density at radius 1 is 1.15 bits per heavy atom. The minimum atomic E-state index is 0.130. The number of aliphatic hydroxyl groups excluding tert-OH is 1. The van der Waals surface area contributed by atoms with Gasteiger partial charge in [-0.25, -0.2) is 0 Å². The van der Waals surface area contributed by atoms with Gasteiger partial charge >= 0.3 is 0 Å². The molecule has 0 saturated heterocycles. The van der Waals surface area contributed by atoms with Crippen LogP contribution in [0.15, 0.2) is 21.1 Å². The molecule has 1 aromatic rings. The molecule has 1 N–H and O–H groups in total. The smallest absolute Gasteiger partial charge is 0.150 e. The summed E-state index contributed by atoms with van der Waals surface area (Å²) in [5.74, 6) is 0.645. The number of aliphatic hydroxyl groups is 1. The molecular weight excluding hydrogens is 392 g/mol. The second kappa shape index (κ2) is 12.3. The van der Waals surface area contributed by atoms with E-state index in [2.05, 4.69) is 31.9 Å². The van der Waals surface area contributed by atoms with E-state index in [-0.39, 0.29) is 6.61 Å². The lowest BCUT2D eigenvalue weighted by molar-refractivity contribution is 0.0879. The van der Waals surface area contributed by atoms with Crippen molar-refractivity contribution in [1.29, 1.82) is 0 Å². The van der Waals surface area contributed by atoms with Crippen LogP contribution in [0.3, 0.4) is 0 Å². The predicted molar refractivity (Wildman–Crippen MR) is 86.6 cm³/mol. The summed E-state index contributed by atoms with van der Waals surface area (Å²) in [5.41, 5.74) is 0.570. The van der Waals surface area contributed by atoms with Crippen LogP contribution >= 0.6 is 31.9 Å². The van der Waals surface area contributed by atoms with Crippen molar-refractivity contribution in [3.63, 3.8) is 0 Å². The zero-order valence-corrected chi connectivity index (χ0v) is 14.9. The monoisotopic (exact) mass is 410 g/mol. The van der Waals surface area contributed by atoms with Crippen molar-refractivity contribution in [2.24, 2.45) is 0 Å². The minimum Gasteiger partial charge on any atom is -0.489 e. The summed E-state index contributed by atoms with van der Waals surface area (Å²) in [6.07, 6.45) is 1.40. The molecule has 1 aromatic carbocycles. The van der Waals surface area contributed by atoms with Crippen LogP contribution in [0.1, 0.15) is 30.6 Å². The van der Waals surface area contributed by atoms with Gasteiger partial charge in [-0.2, -0.15) is 0 Å². The molecule has 114 valence electrons. The van der Waals surface area contributed by atoms with E-state index >= 15 is 0 Å². The molecule has 0 aliphatic carbocycles. The van der Waals surface area contributed by atoms with Crippen LogP contribution in [0, 0.1) is 0 Å². The molecule has 0 saturated carbocycles. The Balaban J connectivity index is 0.00000172. The van der Waals surface area contributed by atoms with E-state index in [9.17, 15) is 4.79 Å². The highest BCUT2D eigenvalue weighted by atomic mass is 79.9. The fraction of sp³-hybridized carbons (Fsp3) is 0.500. The van der Waals surface area contributed by atoms with Crippen molar-refractivity contribution in [3.05, 3.63) is 26.6 Å².